The molecule has 0 saturated carbocycles. The molecule has 1 heterocycles. The van der Waals surface area contributed by atoms with Gasteiger partial charge in [-0.2, -0.15) is 5.11 Å². The molecule has 0 spiro atoms. The quantitative estimate of drug-likeness (QED) is 0.167. The first-order valence-electron chi connectivity index (χ1n) is 13.5. The minimum Gasteiger partial charge on any atom is -0.377 e. The summed E-state index contributed by atoms with van der Waals surface area (Å²) in [6.07, 6.45) is 19.6. The van der Waals surface area contributed by atoms with Gasteiger partial charge in [-0.25, -0.2) is 0 Å². The second-order valence-electron chi connectivity index (χ2n) is 9.22. The van der Waals surface area contributed by atoms with Gasteiger partial charge in [0.15, 0.2) is 5.78 Å². The number of amides is 1. The van der Waals surface area contributed by atoms with E-state index in [2.05, 4.69) is 20.8 Å². The summed E-state index contributed by atoms with van der Waals surface area (Å²) >= 11 is 0. The van der Waals surface area contributed by atoms with Crippen LogP contribution in [0.3, 0.4) is 0 Å². The van der Waals surface area contributed by atoms with Crippen LogP contribution >= 0.6 is 0 Å². The van der Waals surface area contributed by atoms with Crippen molar-refractivity contribution in [2.45, 2.75) is 110 Å². The van der Waals surface area contributed by atoms with Gasteiger partial charge in [-0.15, -0.1) is 5.10 Å². The molecule has 1 rings (SSSR count). The number of nitrogens with zero attached hydrogens (tertiary/aromatic N) is 3. The molecular weight excluding hydrogens is 432 g/mol. The van der Waals surface area contributed by atoms with Gasteiger partial charge in [0, 0.05) is 13.0 Å². The van der Waals surface area contributed by atoms with E-state index in [1.807, 2.05) is 0 Å². The summed E-state index contributed by atoms with van der Waals surface area (Å²) in [4.78, 5) is 22.5. The zero-order valence-electron chi connectivity index (χ0n) is 21.5. The van der Waals surface area contributed by atoms with Gasteiger partial charge in [0.1, 0.15) is 13.2 Å². The number of rotatable bonds is 25. The minimum atomic E-state index is 0.0107. The molecule has 1 aliphatic rings. The molecule has 34 heavy (non-hydrogen) atoms. The van der Waals surface area contributed by atoms with Crippen molar-refractivity contribution in [2.75, 3.05) is 39.5 Å². The number of hydrogen-bond donors (Lipinski definition) is 1. The minimum absolute atomic E-state index is 0.0107. The van der Waals surface area contributed by atoms with Crippen LogP contribution < -0.4 is 5.32 Å². The zero-order valence-corrected chi connectivity index (χ0v) is 21.5. The average Bonchev–Trinajstić information content (AvgIpc) is 3.34. The highest BCUT2D eigenvalue weighted by Gasteiger charge is 2.03. The number of Topliss-reactive ketones (excluding diaryl/α,β-unsaturated/α-hetero) is 1. The molecule has 0 aromatic rings. The van der Waals surface area contributed by atoms with Gasteiger partial charge >= 0.3 is 0 Å². The van der Waals surface area contributed by atoms with E-state index in [-0.39, 0.29) is 18.3 Å². The molecule has 8 heteroatoms. The normalized spacial score (nSPS) is 12.8. The predicted molar refractivity (Wildman–Crippen MR) is 136 cm³/mol. The maximum absolute atomic E-state index is 11.8. The third-order valence-corrected chi connectivity index (χ3v) is 5.87. The van der Waals surface area contributed by atoms with E-state index in [1.54, 1.807) is 0 Å². The molecule has 0 radical (unpaired) electrons. The van der Waals surface area contributed by atoms with Crippen molar-refractivity contribution in [3.8, 4) is 0 Å². The molecule has 8 nitrogen and oxygen atoms in total. The second-order valence-corrected chi connectivity index (χ2v) is 9.22. The van der Waals surface area contributed by atoms with E-state index in [0.29, 0.717) is 32.8 Å². The lowest BCUT2D eigenvalue weighted by atomic mass is 10.0. The summed E-state index contributed by atoms with van der Waals surface area (Å²) in [6, 6.07) is 0. The van der Waals surface area contributed by atoms with Crippen LogP contribution in [-0.2, 0) is 19.1 Å². The summed E-state index contributed by atoms with van der Waals surface area (Å²) in [7, 11) is 0. The van der Waals surface area contributed by atoms with E-state index < -0.39 is 0 Å². The Labute approximate surface area is 206 Å². The van der Waals surface area contributed by atoms with Crippen LogP contribution in [-0.4, -0.2) is 56.9 Å². The Morgan fingerprint density at radius 3 is 1.88 bits per heavy atom. The molecule has 0 saturated heterocycles. The first-order chi connectivity index (χ1) is 16.7. The highest BCUT2D eigenvalue weighted by molar-refractivity contribution is 5.87. The van der Waals surface area contributed by atoms with Crippen molar-refractivity contribution < 1.29 is 19.1 Å². The topological polar surface area (TPSA) is 102 Å². The maximum atomic E-state index is 11.8. The van der Waals surface area contributed by atoms with Gasteiger partial charge in [-0.3, -0.25) is 9.59 Å². The average molecular weight is 481 g/mol. The van der Waals surface area contributed by atoms with Gasteiger partial charge in [0.2, 0.25) is 5.91 Å². The first-order valence-corrected chi connectivity index (χ1v) is 13.5. The van der Waals surface area contributed by atoms with Crippen molar-refractivity contribution in [2.24, 2.45) is 15.4 Å². The first kappa shape index (κ1) is 30.4. The highest BCUT2D eigenvalue weighted by atomic mass is 16.5. The molecule has 0 aliphatic carbocycles. The molecule has 0 unspecified atom stereocenters. The Morgan fingerprint density at radius 2 is 1.32 bits per heavy atom. The lowest BCUT2D eigenvalue weighted by Crippen LogP contribution is -2.27. The Hall–Kier alpha value is -1.67. The third kappa shape index (κ3) is 20.9. The third-order valence-electron chi connectivity index (χ3n) is 5.87. The SMILES string of the molecule is CC(=O)COCCOCCNC(=O)CCCCCCCCCCCCCCCCC1=NN=NC1. The predicted octanol–water partition coefficient (Wildman–Crippen LogP) is 5.79. The molecule has 1 N–H and O–H groups in total. The van der Waals surface area contributed by atoms with Crippen molar-refractivity contribution in [3.05, 3.63) is 0 Å². The fraction of sp³-hybridized carbons (Fsp3) is 0.885. The van der Waals surface area contributed by atoms with E-state index in [4.69, 9.17) is 9.47 Å². The Kier molecular flexibility index (Phi) is 20.6. The summed E-state index contributed by atoms with van der Waals surface area (Å²) in [5.41, 5.74) is 1.15. The van der Waals surface area contributed by atoms with Crippen molar-refractivity contribution in [1.29, 1.82) is 0 Å². The van der Waals surface area contributed by atoms with Gasteiger partial charge in [-0.05, 0) is 31.4 Å². The fourth-order valence-electron chi connectivity index (χ4n) is 3.89. The lowest BCUT2D eigenvalue weighted by Gasteiger charge is -2.07. The second kappa shape index (κ2) is 23.1. The van der Waals surface area contributed by atoms with Crippen LogP contribution in [0.15, 0.2) is 15.4 Å². The van der Waals surface area contributed by atoms with Crippen LogP contribution in [0.1, 0.15) is 110 Å². The van der Waals surface area contributed by atoms with Crippen molar-refractivity contribution in [1.82, 2.24) is 5.32 Å². The van der Waals surface area contributed by atoms with Crippen LogP contribution in [0.2, 0.25) is 0 Å². The number of unbranched alkanes of at least 4 members (excludes halogenated alkanes) is 13. The van der Waals surface area contributed by atoms with Crippen LogP contribution in [0, 0.1) is 0 Å². The van der Waals surface area contributed by atoms with Gasteiger partial charge < -0.3 is 14.8 Å². The van der Waals surface area contributed by atoms with Crippen LogP contribution in [0.4, 0.5) is 0 Å². The standard InChI is InChI=1S/C26H48N4O4/c1-24(31)23-34-21-20-33-19-18-27-26(32)17-15-13-11-9-7-5-3-2-4-6-8-10-12-14-16-25-22-28-30-29-25/h2-23H2,1H3,(H,27,32). The zero-order chi connectivity index (χ0) is 24.5. The van der Waals surface area contributed by atoms with E-state index in [0.717, 1.165) is 31.5 Å². The summed E-state index contributed by atoms with van der Waals surface area (Å²) < 4.78 is 10.5. The van der Waals surface area contributed by atoms with Crippen LogP contribution in [0.25, 0.3) is 0 Å². The largest absolute Gasteiger partial charge is 0.377 e. The Bertz CT molecular complexity index is 581. The Balaban J connectivity index is 1.69. The number of ether oxygens (including phenoxy) is 2. The fourth-order valence-corrected chi connectivity index (χ4v) is 3.89. The molecule has 196 valence electrons. The maximum Gasteiger partial charge on any atom is 0.220 e. The number of ketones is 1. The monoisotopic (exact) mass is 480 g/mol. The number of nitrogens with one attached hydrogen (secondary N) is 1. The molecule has 0 fully saturated rings. The lowest BCUT2D eigenvalue weighted by molar-refractivity contribution is -0.123. The van der Waals surface area contributed by atoms with Gasteiger partial charge in [0.05, 0.1) is 25.5 Å². The molecule has 1 amide bonds. The van der Waals surface area contributed by atoms with E-state index in [1.165, 1.54) is 84.0 Å². The van der Waals surface area contributed by atoms with Crippen molar-refractivity contribution in [3.63, 3.8) is 0 Å². The van der Waals surface area contributed by atoms with Crippen LogP contribution in [0.5, 0.6) is 0 Å². The Morgan fingerprint density at radius 1 is 0.765 bits per heavy atom. The smallest absolute Gasteiger partial charge is 0.220 e. The van der Waals surface area contributed by atoms with E-state index in [9.17, 15) is 9.59 Å². The summed E-state index contributed by atoms with van der Waals surface area (Å²) in [6.45, 7) is 4.18. The molecular formula is C26H48N4O4. The van der Waals surface area contributed by atoms with Gasteiger partial charge in [0.25, 0.3) is 0 Å². The number of carbonyl (C=O) groups excluding carboxylic acids is 2. The number of hydrogen-bond acceptors (Lipinski definition) is 7. The molecule has 0 atom stereocenters. The van der Waals surface area contributed by atoms with Crippen molar-refractivity contribution >= 4 is 17.4 Å². The molecule has 0 aromatic carbocycles. The summed E-state index contributed by atoms with van der Waals surface area (Å²) in [5, 5.41) is 14.4. The van der Waals surface area contributed by atoms with E-state index >= 15 is 0 Å². The summed E-state index contributed by atoms with van der Waals surface area (Å²) in [5.74, 6) is 0.114. The van der Waals surface area contributed by atoms with Gasteiger partial charge in [-0.1, -0.05) is 77.0 Å². The molecule has 1 aliphatic heterocycles. The number of carbonyl (C=O) groups is 2. The molecule has 0 bridgehead atoms. The molecule has 0 aromatic heterocycles. The highest BCUT2D eigenvalue weighted by Crippen LogP contribution is 2.14.